The van der Waals surface area contributed by atoms with E-state index in [-0.39, 0.29) is 23.2 Å². The van der Waals surface area contributed by atoms with Crippen molar-refractivity contribution >= 4 is 21.8 Å². The normalized spacial score (nSPS) is 13.9. The highest BCUT2D eigenvalue weighted by atomic mass is 32.2. The van der Waals surface area contributed by atoms with Crippen LogP contribution in [-0.2, 0) is 21.2 Å². The zero-order chi connectivity index (χ0) is 25.0. The number of aromatic nitrogens is 2. The lowest BCUT2D eigenvalue weighted by Crippen LogP contribution is -2.39. The third-order valence-electron chi connectivity index (χ3n) is 5.98. The van der Waals surface area contributed by atoms with Crippen molar-refractivity contribution in [3.63, 3.8) is 0 Å². The number of benzene rings is 2. The second-order valence-electron chi connectivity index (χ2n) is 8.65. The number of hydrogen-bond donors (Lipinski definition) is 1. The standard InChI is InChI=1S/C25H28FN5O3S/c1-30(24(32)17-31(2)25-21-9-5-6-10-23(21)35(33,34)29-25)15-7-3-4-8-20-16-22(28-27-20)18-11-13-19(26)14-12-18/h5-6,9-14,16H,3-4,7-8,15,17H2,1-2H3,(H,27,28). The van der Waals surface area contributed by atoms with Crippen LogP contribution in [0.5, 0.6) is 0 Å². The van der Waals surface area contributed by atoms with Crippen LogP contribution >= 0.6 is 0 Å². The number of likely N-dealkylation sites (N-methyl/N-ethyl adjacent to an activating group) is 2. The molecule has 2 aromatic carbocycles. The predicted octanol–water partition coefficient (Wildman–Crippen LogP) is 3.47. The number of nitrogens with zero attached hydrogens (tertiary/aromatic N) is 4. The number of fused-ring (bicyclic) bond motifs is 1. The first-order valence-corrected chi connectivity index (χ1v) is 12.9. The van der Waals surface area contributed by atoms with Crippen LogP contribution < -0.4 is 0 Å². The third-order valence-corrected chi connectivity index (χ3v) is 7.31. The number of aryl methyl sites for hydroxylation is 1. The van der Waals surface area contributed by atoms with Crippen molar-refractivity contribution in [1.29, 1.82) is 0 Å². The van der Waals surface area contributed by atoms with Crippen LogP contribution in [0.4, 0.5) is 4.39 Å². The lowest BCUT2D eigenvalue weighted by Gasteiger charge is -2.23. The van der Waals surface area contributed by atoms with Gasteiger partial charge in [-0.2, -0.15) is 13.5 Å². The van der Waals surface area contributed by atoms with E-state index in [2.05, 4.69) is 14.6 Å². The Morgan fingerprint density at radius 2 is 1.77 bits per heavy atom. The number of unbranched alkanes of at least 4 members (excludes halogenated alkanes) is 2. The first-order chi connectivity index (χ1) is 16.7. The van der Waals surface area contributed by atoms with E-state index in [0.717, 1.165) is 42.6 Å². The molecule has 0 bridgehead atoms. The molecule has 0 unspecified atom stereocenters. The van der Waals surface area contributed by atoms with Gasteiger partial charge in [0.25, 0.3) is 10.0 Å². The predicted molar refractivity (Wildman–Crippen MR) is 132 cm³/mol. The van der Waals surface area contributed by atoms with Crippen LogP contribution in [0.1, 0.15) is 30.5 Å². The van der Waals surface area contributed by atoms with Gasteiger partial charge in [0, 0.05) is 37.5 Å². The third kappa shape index (κ3) is 5.76. The van der Waals surface area contributed by atoms with Gasteiger partial charge in [0.05, 0.1) is 12.2 Å². The number of nitrogens with one attached hydrogen (secondary N) is 1. The van der Waals surface area contributed by atoms with Gasteiger partial charge in [-0.25, -0.2) is 4.39 Å². The Balaban J connectivity index is 1.20. The summed E-state index contributed by atoms with van der Waals surface area (Å²) in [5, 5.41) is 7.33. The quantitative estimate of drug-likeness (QED) is 0.457. The lowest BCUT2D eigenvalue weighted by atomic mass is 10.1. The van der Waals surface area contributed by atoms with Crippen LogP contribution in [0.15, 0.2) is 63.9 Å². The Morgan fingerprint density at radius 1 is 1.03 bits per heavy atom. The van der Waals surface area contributed by atoms with Gasteiger partial charge in [0.2, 0.25) is 5.91 Å². The number of carbonyl (C=O) groups is 1. The van der Waals surface area contributed by atoms with E-state index in [0.29, 0.717) is 17.9 Å². The van der Waals surface area contributed by atoms with Crippen molar-refractivity contribution in [3.8, 4) is 11.3 Å². The van der Waals surface area contributed by atoms with E-state index in [4.69, 9.17) is 0 Å². The van der Waals surface area contributed by atoms with E-state index in [1.54, 1.807) is 54.2 Å². The average Bonchev–Trinajstić information content (AvgIpc) is 3.41. The molecule has 1 N–H and O–H groups in total. The van der Waals surface area contributed by atoms with Crippen molar-refractivity contribution in [1.82, 2.24) is 20.0 Å². The minimum Gasteiger partial charge on any atom is -0.349 e. The van der Waals surface area contributed by atoms with Crippen LogP contribution in [0, 0.1) is 5.82 Å². The van der Waals surface area contributed by atoms with Gasteiger partial charge in [-0.1, -0.05) is 18.6 Å². The molecular formula is C25H28FN5O3S. The molecule has 3 aromatic rings. The smallest absolute Gasteiger partial charge is 0.285 e. The lowest BCUT2D eigenvalue weighted by molar-refractivity contribution is -0.130. The summed E-state index contributed by atoms with van der Waals surface area (Å²) >= 11 is 0. The van der Waals surface area contributed by atoms with Gasteiger partial charge in [0.15, 0.2) is 5.84 Å². The Bertz CT molecular complexity index is 1340. The molecular weight excluding hydrogens is 469 g/mol. The fourth-order valence-electron chi connectivity index (χ4n) is 3.99. The topological polar surface area (TPSA) is 98.7 Å². The summed E-state index contributed by atoms with van der Waals surface area (Å²) in [6.07, 6.45) is 3.57. The molecule has 4 rings (SSSR count). The minimum absolute atomic E-state index is 0.0412. The van der Waals surface area contributed by atoms with Gasteiger partial charge in [-0.15, -0.1) is 4.40 Å². The highest BCUT2D eigenvalue weighted by molar-refractivity contribution is 7.90. The van der Waals surface area contributed by atoms with Crippen molar-refractivity contribution < 1.29 is 17.6 Å². The van der Waals surface area contributed by atoms with Crippen LogP contribution in [0.3, 0.4) is 0 Å². The summed E-state index contributed by atoms with van der Waals surface area (Å²) in [6, 6.07) is 14.9. The Labute approximate surface area is 204 Å². The van der Waals surface area contributed by atoms with E-state index in [9.17, 15) is 17.6 Å². The number of H-pyrrole nitrogens is 1. The molecule has 0 saturated carbocycles. The molecule has 0 aliphatic carbocycles. The Kier molecular flexibility index (Phi) is 7.30. The van der Waals surface area contributed by atoms with Crippen LogP contribution in [0.25, 0.3) is 11.3 Å². The first-order valence-electron chi connectivity index (χ1n) is 11.4. The molecule has 10 heteroatoms. The van der Waals surface area contributed by atoms with Crippen molar-refractivity contribution in [3.05, 3.63) is 71.7 Å². The zero-order valence-corrected chi connectivity index (χ0v) is 20.6. The summed E-state index contributed by atoms with van der Waals surface area (Å²) < 4.78 is 41.4. The highest BCUT2D eigenvalue weighted by Crippen LogP contribution is 2.27. The summed E-state index contributed by atoms with van der Waals surface area (Å²) in [5.41, 5.74) is 3.19. The average molecular weight is 498 g/mol. The molecule has 0 atom stereocenters. The maximum atomic E-state index is 13.1. The molecule has 1 aromatic heterocycles. The van der Waals surface area contributed by atoms with Gasteiger partial charge in [-0.05, 0) is 61.7 Å². The number of sulfonamides is 1. The zero-order valence-electron chi connectivity index (χ0n) is 19.7. The number of amides is 1. The Hall–Kier alpha value is -3.53. The number of halogens is 1. The van der Waals surface area contributed by atoms with Crippen molar-refractivity contribution in [2.45, 2.75) is 30.6 Å². The minimum atomic E-state index is -3.72. The van der Waals surface area contributed by atoms with Gasteiger partial charge < -0.3 is 9.80 Å². The second-order valence-corrected chi connectivity index (χ2v) is 10.2. The molecule has 0 radical (unpaired) electrons. The van der Waals surface area contributed by atoms with Crippen LogP contribution in [-0.4, -0.2) is 67.3 Å². The maximum absolute atomic E-state index is 13.1. The van der Waals surface area contributed by atoms with E-state index in [1.165, 1.54) is 18.2 Å². The van der Waals surface area contributed by atoms with Gasteiger partial charge >= 0.3 is 0 Å². The summed E-state index contributed by atoms with van der Waals surface area (Å²) in [7, 11) is -0.291. The fourth-order valence-corrected chi connectivity index (χ4v) is 5.24. The van der Waals surface area contributed by atoms with Crippen molar-refractivity contribution in [2.75, 3.05) is 27.2 Å². The second kappa shape index (κ2) is 10.4. The highest BCUT2D eigenvalue weighted by Gasteiger charge is 2.31. The van der Waals surface area contributed by atoms with E-state index in [1.807, 2.05) is 6.07 Å². The number of carbonyl (C=O) groups excluding carboxylic acids is 1. The molecule has 1 amide bonds. The molecule has 0 fully saturated rings. The molecule has 1 aliphatic heterocycles. The summed E-state index contributed by atoms with van der Waals surface area (Å²) in [4.78, 5) is 16.1. The molecule has 0 saturated heterocycles. The Morgan fingerprint density at radius 3 is 2.54 bits per heavy atom. The SMILES string of the molecule is CN(CCCCCc1cc(-c2ccc(F)cc2)n[nH]1)C(=O)CN(C)C1=NS(=O)(=O)c2ccccc21. The molecule has 0 spiro atoms. The number of hydrogen-bond acceptors (Lipinski definition) is 5. The summed E-state index contributed by atoms with van der Waals surface area (Å²) in [6.45, 7) is 0.650. The van der Waals surface area contributed by atoms with Gasteiger partial charge in [-0.3, -0.25) is 9.89 Å². The number of amidine groups is 1. The van der Waals surface area contributed by atoms with E-state index >= 15 is 0 Å². The first kappa shape index (κ1) is 24.6. The molecule has 184 valence electrons. The summed E-state index contributed by atoms with van der Waals surface area (Å²) in [5.74, 6) is -0.0819. The van der Waals surface area contributed by atoms with E-state index < -0.39 is 10.0 Å². The number of aromatic amines is 1. The van der Waals surface area contributed by atoms with Gasteiger partial charge in [0.1, 0.15) is 10.7 Å². The molecule has 2 heterocycles. The molecule has 8 nitrogen and oxygen atoms in total. The largest absolute Gasteiger partial charge is 0.349 e. The molecule has 1 aliphatic rings. The maximum Gasteiger partial charge on any atom is 0.285 e. The van der Waals surface area contributed by atoms with Crippen molar-refractivity contribution in [2.24, 2.45) is 4.40 Å². The van der Waals surface area contributed by atoms with Crippen LogP contribution in [0.2, 0.25) is 0 Å². The molecule has 35 heavy (non-hydrogen) atoms. The monoisotopic (exact) mass is 497 g/mol. The fraction of sp³-hybridized carbons (Fsp3) is 0.320. The number of rotatable bonds is 9.